The highest BCUT2D eigenvalue weighted by Crippen LogP contribution is 2.17. The second kappa shape index (κ2) is 4.07. The summed E-state index contributed by atoms with van der Waals surface area (Å²) in [4.78, 5) is 0. The zero-order valence-electron chi connectivity index (χ0n) is 8.28. The standard InChI is InChI=1S/C9H21NSi/c1-8(6-9(2)10)7-11(3,4)5/h9H,1,6-7,10H2,2-5H3/t9-/m0/s1. The summed E-state index contributed by atoms with van der Waals surface area (Å²) in [5.41, 5.74) is 7.00. The van der Waals surface area contributed by atoms with E-state index in [0.717, 1.165) is 6.42 Å². The summed E-state index contributed by atoms with van der Waals surface area (Å²) < 4.78 is 0. The lowest BCUT2D eigenvalue weighted by Gasteiger charge is -2.18. The van der Waals surface area contributed by atoms with Gasteiger partial charge in [-0.2, -0.15) is 0 Å². The summed E-state index contributed by atoms with van der Waals surface area (Å²) in [5, 5.41) is 0. The third kappa shape index (κ3) is 7.82. The van der Waals surface area contributed by atoms with E-state index in [1.54, 1.807) is 0 Å². The molecule has 1 nitrogen and oxygen atoms in total. The van der Waals surface area contributed by atoms with Crippen LogP contribution in [0.5, 0.6) is 0 Å². The Balaban J connectivity index is 3.71. The Morgan fingerprint density at radius 2 is 1.91 bits per heavy atom. The maximum Gasteiger partial charge on any atom is 0.0483 e. The highest BCUT2D eigenvalue weighted by Gasteiger charge is 2.14. The lowest BCUT2D eigenvalue weighted by molar-refractivity contribution is 0.731. The molecule has 2 heteroatoms. The van der Waals surface area contributed by atoms with Crippen molar-refractivity contribution in [2.24, 2.45) is 5.73 Å². The Bertz CT molecular complexity index is 133. The first-order valence-corrected chi connectivity index (χ1v) is 7.94. The van der Waals surface area contributed by atoms with Gasteiger partial charge < -0.3 is 5.73 Å². The average Bonchev–Trinajstić information content (AvgIpc) is 1.53. The van der Waals surface area contributed by atoms with Gasteiger partial charge >= 0.3 is 0 Å². The molecular weight excluding hydrogens is 150 g/mol. The van der Waals surface area contributed by atoms with Crippen molar-refractivity contribution in [1.29, 1.82) is 0 Å². The number of rotatable bonds is 4. The van der Waals surface area contributed by atoms with Gasteiger partial charge in [0.05, 0.1) is 0 Å². The molecular formula is C9H21NSi. The largest absolute Gasteiger partial charge is 0.328 e. The zero-order chi connectivity index (χ0) is 9.07. The summed E-state index contributed by atoms with van der Waals surface area (Å²) in [5.74, 6) is 0. The summed E-state index contributed by atoms with van der Waals surface area (Å²) in [6, 6.07) is 1.49. The molecule has 0 bridgehead atoms. The van der Waals surface area contributed by atoms with Crippen molar-refractivity contribution in [3.63, 3.8) is 0 Å². The predicted octanol–water partition coefficient (Wildman–Crippen LogP) is 2.62. The van der Waals surface area contributed by atoms with Crippen molar-refractivity contribution in [1.82, 2.24) is 0 Å². The molecule has 0 amide bonds. The average molecular weight is 171 g/mol. The molecule has 0 saturated carbocycles. The van der Waals surface area contributed by atoms with E-state index in [4.69, 9.17) is 5.73 Å². The smallest absolute Gasteiger partial charge is 0.0483 e. The molecule has 0 rings (SSSR count). The van der Waals surface area contributed by atoms with E-state index >= 15 is 0 Å². The van der Waals surface area contributed by atoms with Crippen molar-refractivity contribution in [3.8, 4) is 0 Å². The van der Waals surface area contributed by atoms with Gasteiger partial charge in [0, 0.05) is 14.1 Å². The van der Waals surface area contributed by atoms with Gasteiger partial charge in [-0.3, -0.25) is 0 Å². The first-order valence-electron chi connectivity index (χ1n) is 4.23. The van der Waals surface area contributed by atoms with Crippen molar-refractivity contribution < 1.29 is 0 Å². The molecule has 2 N–H and O–H groups in total. The normalized spacial score (nSPS) is 14.6. The molecule has 0 spiro atoms. The molecule has 0 radical (unpaired) electrons. The summed E-state index contributed by atoms with van der Waals surface area (Å²) in [6.45, 7) is 13.2. The van der Waals surface area contributed by atoms with Gasteiger partial charge in [0.15, 0.2) is 0 Å². The number of hydrogen-bond acceptors (Lipinski definition) is 1. The maximum atomic E-state index is 5.67. The van der Waals surface area contributed by atoms with E-state index < -0.39 is 8.07 Å². The minimum atomic E-state index is -0.942. The quantitative estimate of drug-likeness (QED) is 0.511. The van der Waals surface area contributed by atoms with E-state index in [1.807, 2.05) is 6.92 Å². The molecule has 0 aliphatic rings. The molecule has 1 atom stereocenters. The van der Waals surface area contributed by atoms with E-state index in [-0.39, 0.29) is 6.04 Å². The van der Waals surface area contributed by atoms with Gasteiger partial charge in [0.2, 0.25) is 0 Å². The molecule has 0 fully saturated rings. The SMILES string of the molecule is C=C(C[C@H](C)N)C[Si](C)(C)C. The predicted molar refractivity (Wildman–Crippen MR) is 55.6 cm³/mol. The van der Waals surface area contributed by atoms with Crippen LogP contribution in [0.2, 0.25) is 25.7 Å². The summed E-state index contributed by atoms with van der Waals surface area (Å²) in [6.07, 6.45) is 0.990. The van der Waals surface area contributed by atoms with Crippen LogP contribution >= 0.6 is 0 Å². The van der Waals surface area contributed by atoms with Gasteiger partial charge in [-0.25, -0.2) is 0 Å². The third-order valence-electron chi connectivity index (χ3n) is 1.39. The molecule has 0 aliphatic heterocycles. The van der Waals surface area contributed by atoms with Crippen molar-refractivity contribution in [3.05, 3.63) is 12.2 Å². The van der Waals surface area contributed by atoms with Gasteiger partial charge in [-0.15, -0.1) is 6.58 Å². The van der Waals surface area contributed by atoms with Crippen molar-refractivity contribution in [2.45, 2.75) is 45.1 Å². The number of hydrogen-bond donors (Lipinski definition) is 1. The van der Waals surface area contributed by atoms with Crippen molar-refractivity contribution >= 4 is 8.07 Å². The Labute approximate surface area is 71.7 Å². The van der Waals surface area contributed by atoms with E-state index in [1.165, 1.54) is 11.6 Å². The van der Waals surface area contributed by atoms with Crippen LogP contribution < -0.4 is 5.73 Å². The van der Waals surface area contributed by atoms with Gasteiger partial charge in [-0.05, 0) is 19.4 Å². The van der Waals surface area contributed by atoms with Crippen LogP contribution in [0.15, 0.2) is 12.2 Å². The van der Waals surface area contributed by atoms with Crippen LogP contribution in [0.25, 0.3) is 0 Å². The fourth-order valence-electron chi connectivity index (χ4n) is 1.28. The van der Waals surface area contributed by atoms with Crippen LogP contribution in [0, 0.1) is 0 Å². The highest BCUT2D eigenvalue weighted by molar-refractivity contribution is 6.76. The fourth-order valence-corrected chi connectivity index (χ4v) is 2.92. The van der Waals surface area contributed by atoms with Gasteiger partial charge in [0.25, 0.3) is 0 Å². The van der Waals surface area contributed by atoms with E-state index in [0.29, 0.717) is 0 Å². The maximum absolute atomic E-state index is 5.67. The fraction of sp³-hybridized carbons (Fsp3) is 0.778. The highest BCUT2D eigenvalue weighted by atomic mass is 28.3. The second-order valence-electron chi connectivity index (χ2n) is 4.67. The minimum absolute atomic E-state index is 0.277. The Morgan fingerprint density at radius 3 is 2.18 bits per heavy atom. The lowest BCUT2D eigenvalue weighted by Crippen LogP contribution is -2.22. The number of nitrogens with two attached hydrogens (primary N) is 1. The summed E-state index contributed by atoms with van der Waals surface area (Å²) >= 11 is 0. The molecule has 0 saturated heterocycles. The molecule has 0 heterocycles. The topological polar surface area (TPSA) is 26.0 Å². The second-order valence-corrected chi connectivity index (χ2v) is 10.1. The first kappa shape index (κ1) is 10.9. The Morgan fingerprint density at radius 1 is 1.45 bits per heavy atom. The van der Waals surface area contributed by atoms with Gasteiger partial charge in [0.1, 0.15) is 0 Å². The molecule has 66 valence electrons. The molecule has 0 aromatic rings. The van der Waals surface area contributed by atoms with E-state index in [2.05, 4.69) is 26.2 Å². The first-order chi connectivity index (χ1) is 4.81. The minimum Gasteiger partial charge on any atom is -0.328 e. The molecule has 11 heavy (non-hydrogen) atoms. The monoisotopic (exact) mass is 171 g/mol. The third-order valence-corrected chi connectivity index (χ3v) is 2.95. The summed E-state index contributed by atoms with van der Waals surface area (Å²) in [7, 11) is -0.942. The van der Waals surface area contributed by atoms with Crippen LogP contribution in [-0.2, 0) is 0 Å². The Hall–Kier alpha value is -0.0831. The Kier molecular flexibility index (Phi) is 4.04. The molecule has 0 unspecified atom stereocenters. The van der Waals surface area contributed by atoms with Crippen molar-refractivity contribution in [2.75, 3.05) is 0 Å². The molecule has 0 aliphatic carbocycles. The van der Waals surface area contributed by atoms with Crippen LogP contribution in [0.1, 0.15) is 13.3 Å². The van der Waals surface area contributed by atoms with Crippen LogP contribution in [0.3, 0.4) is 0 Å². The van der Waals surface area contributed by atoms with Crippen LogP contribution in [-0.4, -0.2) is 14.1 Å². The van der Waals surface area contributed by atoms with Gasteiger partial charge in [-0.1, -0.05) is 25.2 Å². The zero-order valence-corrected chi connectivity index (χ0v) is 9.28. The van der Waals surface area contributed by atoms with E-state index in [9.17, 15) is 0 Å². The lowest BCUT2D eigenvalue weighted by atomic mass is 10.1. The molecule has 0 aromatic heterocycles. The molecule has 0 aromatic carbocycles. The van der Waals surface area contributed by atoms with Crippen LogP contribution in [0.4, 0.5) is 0 Å².